The SMILES string of the molecule is COC(=O)N(CC(=O)O)C(C(=O)O)c1ccccc1. The number of amides is 1. The van der Waals surface area contributed by atoms with Crippen LogP contribution in [-0.2, 0) is 14.3 Å². The van der Waals surface area contributed by atoms with Crippen LogP contribution in [0.2, 0.25) is 0 Å². The highest BCUT2D eigenvalue weighted by atomic mass is 16.5. The van der Waals surface area contributed by atoms with Gasteiger partial charge in [0.15, 0.2) is 6.04 Å². The normalized spacial score (nSPS) is 11.4. The molecule has 7 heteroatoms. The summed E-state index contributed by atoms with van der Waals surface area (Å²) < 4.78 is 4.43. The van der Waals surface area contributed by atoms with E-state index in [2.05, 4.69) is 4.74 Å². The van der Waals surface area contributed by atoms with Crippen molar-refractivity contribution in [1.82, 2.24) is 4.90 Å². The summed E-state index contributed by atoms with van der Waals surface area (Å²) in [6.45, 7) is -0.765. The molecule has 102 valence electrons. The van der Waals surface area contributed by atoms with Crippen molar-refractivity contribution >= 4 is 18.0 Å². The van der Waals surface area contributed by atoms with Crippen LogP contribution in [0.25, 0.3) is 0 Å². The fraction of sp³-hybridized carbons (Fsp3) is 0.250. The predicted octanol–water partition coefficient (Wildman–Crippen LogP) is 0.965. The Morgan fingerprint density at radius 1 is 1.21 bits per heavy atom. The number of carboxylic acid groups (broad SMARTS) is 2. The lowest BCUT2D eigenvalue weighted by Gasteiger charge is -2.26. The molecule has 1 amide bonds. The molecule has 0 aromatic heterocycles. The molecule has 0 heterocycles. The second kappa shape index (κ2) is 6.39. The maximum absolute atomic E-state index is 11.5. The zero-order chi connectivity index (χ0) is 14.4. The minimum atomic E-state index is -1.41. The Kier molecular flexibility index (Phi) is 4.87. The van der Waals surface area contributed by atoms with Gasteiger partial charge in [-0.2, -0.15) is 0 Å². The number of carboxylic acids is 2. The lowest BCUT2D eigenvalue weighted by atomic mass is 10.1. The monoisotopic (exact) mass is 267 g/mol. The van der Waals surface area contributed by atoms with Crippen LogP contribution in [0.15, 0.2) is 30.3 Å². The fourth-order valence-corrected chi connectivity index (χ4v) is 1.62. The van der Waals surface area contributed by atoms with Crippen LogP contribution in [0.5, 0.6) is 0 Å². The summed E-state index contributed by atoms with van der Waals surface area (Å²) in [7, 11) is 1.06. The third-order valence-corrected chi connectivity index (χ3v) is 2.38. The Morgan fingerprint density at radius 2 is 1.79 bits per heavy atom. The molecular formula is C12H13NO6. The van der Waals surface area contributed by atoms with Gasteiger partial charge in [0.1, 0.15) is 6.54 Å². The number of hydrogen-bond donors (Lipinski definition) is 2. The molecule has 1 rings (SSSR count). The molecule has 1 aromatic rings. The summed E-state index contributed by atoms with van der Waals surface area (Å²) in [5, 5.41) is 18.0. The molecule has 0 bridgehead atoms. The molecule has 1 unspecified atom stereocenters. The van der Waals surface area contributed by atoms with Crippen molar-refractivity contribution in [2.24, 2.45) is 0 Å². The summed E-state index contributed by atoms with van der Waals surface area (Å²) in [6, 6.07) is 6.46. The van der Waals surface area contributed by atoms with E-state index in [9.17, 15) is 19.5 Å². The number of carbonyl (C=O) groups is 3. The molecule has 0 spiro atoms. The third kappa shape index (κ3) is 3.70. The summed E-state index contributed by atoms with van der Waals surface area (Å²) >= 11 is 0. The second-order valence-corrected chi connectivity index (χ2v) is 3.64. The third-order valence-electron chi connectivity index (χ3n) is 2.38. The smallest absolute Gasteiger partial charge is 0.411 e. The van der Waals surface area contributed by atoms with E-state index in [1.165, 1.54) is 12.1 Å². The molecule has 0 aliphatic carbocycles. The fourth-order valence-electron chi connectivity index (χ4n) is 1.62. The van der Waals surface area contributed by atoms with E-state index in [0.717, 1.165) is 7.11 Å². The Labute approximate surface area is 109 Å². The summed E-state index contributed by atoms with van der Waals surface area (Å²) in [4.78, 5) is 34.2. The van der Waals surface area contributed by atoms with Crippen molar-refractivity contribution in [3.63, 3.8) is 0 Å². The average Bonchev–Trinajstić information content (AvgIpc) is 2.37. The molecule has 1 atom stereocenters. The van der Waals surface area contributed by atoms with Gasteiger partial charge in [0, 0.05) is 0 Å². The summed E-state index contributed by atoms with van der Waals surface area (Å²) in [5.41, 5.74) is 0.293. The Balaban J connectivity index is 3.16. The zero-order valence-corrected chi connectivity index (χ0v) is 10.1. The molecule has 0 aliphatic rings. The van der Waals surface area contributed by atoms with E-state index >= 15 is 0 Å². The molecule has 0 radical (unpaired) electrons. The second-order valence-electron chi connectivity index (χ2n) is 3.64. The van der Waals surface area contributed by atoms with Gasteiger partial charge in [-0.15, -0.1) is 0 Å². The predicted molar refractivity (Wildman–Crippen MR) is 63.6 cm³/mol. The van der Waals surface area contributed by atoms with Crippen LogP contribution in [-0.4, -0.2) is 46.8 Å². The highest BCUT2D eigenvalue weighted by molar-refractivity contribution is 5.84. The molecule has 0 saturated heterocycles. The molecule has 7 nitrogen and oxygen atoms in total. The number of methoxy groups -OCH3 is 1. The number of carbonyl (C=O) groups excluding carboxylic acids is 1. The molecular weight excluding hydrogens is 254 g/mol. The van der Waals surface area contributed by atoms with Crippen LogP contribution >= 0.6 is 0 Å². The Bertz CT molecular complexity index is 472. The summed E-state index contributed by atoms with van der Waals surface area (Å²) in [5.74, 6) is -2.66. The van der Waals surface area contributed by atoms with E-state index in [4.69, 9.17) is 5.11 Å². The minimum absolute atomic E-state index is 0.293. The maximum atomic E-state index is 11.5. The standard InChI is InChI=1S/C12H13NO6/c1-19-12(18)13(7-9(14)15)10(11(16)17)8-5-3-2-4-6-8/h2-6,10H,7H2,1H3,(H,14,15)(H,16,17). The van der Waals surface area contributed by atoms with Gasteiger partial charge in [-0.1, -0.05) is 30.3 Å². The van der Waals surface area contributed by atoms with E-state index in [0.29, 0.717) is 10.5 Å². The Hall–Kier alpha value is -2.57. The molecule has 0 saturated carbocycles. The van der Waals surface area contributed by atoms with Crippen molar-refractivity contribution in [2.45, 2.75) is 6.04 Å². The molecule has 0 fully saturated rings. The molecule has 0 aliphatic heterocycles. The van der Waals surface area contributed by atoms with Gasteiger partial charge in [0.05, 0.1) is 7.11 Å². The number of nitrogens with zero attached hydrogens (tertiary/aromatic N) is 1. The van der Waals surface area contributed by atoms with Gasteiger partial charge in [-0.3, -0.25) is 9.69 Å². The van der Waals surface area contributed by atoms with Crippen LogP contribution < -0.4 is 0 Å². The quantitative estimate of drug-likeness (QED) is 0.823. The van der Waals surface area contributed by atoms with E-state index in [-0.39, 0.29) is 0 Å². The van der Waals surface area contributed by atoms with E-state index in [1.807, 2.05) is 0 Å². The van der Waals surface area contributed by atoms with Gasteiger partial charge in [-0.05, 0) is 5.56 Å². The van der Waals surface area contributed by atoms with Gasteiger partial charge in [0.2, 0.25) is 0 Å². The first-order chi connectivity index (χ1) is 8.97. The first kappa shape index (κ1) is 14.5. The number of benzene rings is 1. The minimum Gasteiger partial charge on any atom is -0.480 e. The highest BCUT2D eigenvalue weighted by Gasteiger charge is 2.33. The largest absolute Gasteiger partial charge is 0.480 e. The van der Waals surface area contributed by atoms with Crippen molar-refractivity contribution in [2.75, 3.05) is 13.7 Å². The number of aliphatic carboxylic acids is 2. The Morgan fingerprint density at radius 3 is 2.21 bits per heavy atom. The molecule has 1 aromatic carbocycles. The summed E-state index contributed by atoms with van der Waals surface area (Å²) in [6.07, 6.45) is -1.02. The van der Waals surface area contributed by atoms with Crippen LogP contribution in [0.1, 0.15) is 11.6 Å². The maximum Gasteiger partial charge on any atom is 0.411 e. The average molecular weight is 267 g/mol. The number of ether oxygens (including phenoxy) is 1. The highest BCUT2D eigenvalue weighted by Crippen LogP contribution is 2.21. The number of hydrogen-bond acceptors (Lipinski definition) is 4. The van der Waals surface area contributed by atoms with Crippen molar-refractivity contribution in [1.29, 1.82) is 0 Å². The van der Waals surface area contributed by atoms with E-state index < -0.39 is 30.6 Å². The van der Waals surface area contributed by atoms with E-state index in [1.54, 1.807) is 18.2 Å². The van der Waals surface area contributed by atoms with Crippen molar-refractivity contribution in [3.8, 4) is 0 Å². The zero-order valence-electron chi connectivity index (χ0n) is 10.1. The van der Waals surface area contributed by atoms with Crippen LogP contribution in [0, 0.1) is 0 Å². The lowest BCUT2D eigenvalue weighted by molar-refractivity contribution is -0.145. The van der Waals surface area contributed by atoms with Crippen LogP contribution in [0.3, 0.4) is 0 Å². The van der Waals surface area contributed by atoms with Gasteiger partial charge in [0.25, 0.3) is 0 Å². The lowest BCUT2D eigenvalue weighted by Crippen LogP contribution is -2.42. The number of rotatable bonds is 5. The first-order valence-electron chi connectivity index (χ1n) is 5.31. The van der Waals surface area contributed by atoms with Crippen molar-refractivity contribution < 1.29 is 29.3 Å². The van der Waals surface area contributed by atoms with Gasteiger partial charge >= 0.3 is 18.0 Å². The van der Waals surface area contributed by atoms with Crippen LogP contribution in [0.4, 0.5) is 4.79 Å². The van der Waals surface area contributed by atoms with Crippen molar-refractivity contribution in [3.05, 3.63) is 35.9 Å². The molecule has 2 N–H and O–H groups in total. The van der Waals surface area contributed by atoms with Gasteiger partial charge in [-0.25, -0.2) is 9.59 Å². The molecule has 19 heavy (non-hydrogen) atoms. The van der Waals surface area contributed by atoms with Gasteiger partial charge < -0.3 is 14.9 Å². The topological polar surface area (TPSA) is 104 Å². The first-order valence-corrected chi connectivity index (χ1v) is 5.31.